The second-order valence-corrected chi connectivity index (χ2v) is 5.68. The Morgan fingerprint density at radius 3 is 2.52 bits per heavy atom. The van der Waals surface area contributed by atoms with E-state index in [4.69, 9.17) is 17.2 Å². The van der Waals surface area contributed by atoms with Gasteiger partial charge >= 0.3 is 0 Å². The van der Waals surface area contributed by atoms with Gasteiger partial charge in [-0.1, -0.05) is 12.1 Å². The van der Waals surface area contributed by atoms with E-state index in [1.807, 2.05) is 24.3 Å². The van der Waals surface area contributed by atoms with Crippen LogP contribution in [0.2, 0.25) is 0 Å². The third kappa shape index (κ3) is 5.73. The number of halogens is 1. The number of hydrogen-bond acceptors (Lipinski definition) is 2. The van der Waals surface area contributed by atoms with Gasteiger partial charge in [-0.25, -0.2) is 4.99 Å². The van der Waals surface area contributed by atoms with Gasteiger partial charge in [0.15, 0.2) is 5.96 Å². The highest BCUT2D eigenvalue weighted by Crippen LogP contribution is 2.16. The van der Waals surface area contributed by atoms with Crippen molar-refractivity contribution >= 4 is 30.0 Å². The lowest BCUT2D eigenvalue weighted by Crippen LogP contribution is -2.46. The molecule has 1 aromatic carbocycles. The molecule has 2 rings (SSSR count). The zero-order valence-electron chi connectivity index (χ0n) is 13.6. The summed E-state index contributed by atoms with van der Waals surface area (Å²) in [6, 6.07) is 8.22. The molecule has 0 spiro atoms. The smallest absolute Gasteiger partial charge is 0.223 e. The Morgan fingerprint density at radius 2 is 1.91 bits per heavy atom. The summed E-state index contributed by atoms with van der Waals surface area (Å²) in [5.41, 5.74) is 19.4. The first-order valence-electron chi connectivity index (χ1n) is 7.84. The summed E-state index contributed by atoms with van der Waals surface area (Å²) in [5, 5.41) is 0. The molecular formula is C16H27ClN6. The van der Waals surface area contributed by atoms with Crippen molar-refractivity contribution in [2.75, 3.05) is 13.1 Å². The molecule has 0 bridgehead atoms. The molecule has 0 amide bonds. The number of rotatable bonds is 3. The number of hydrogen-bond donors (Lipinski definition) is 3. The summed E-state index contributed by atoms with van der Waals surface area (Å²) >= 11 is 0. The number of likely N-dealkylation sites (tertiary alicyclic amines) is 1. The van der Waals surface area contributed by atoms with Gasteiger partial charge in [-0.05, 0) is 56.8 Å². The fraction of sp³-hybridized carbons (Fsp3) is 0.500. The quantitative estimate of drug-likeness (QED) is 0.576. The lowest BCUT2D eigenvalue weighted by Gasteiger charge is -2.34. The van der Waals surface area contributed by atoms with E-state index in [-0.39, 0.29) is 18.4 Å². The summed E-state index contributed by atoms with van der Waals surface area (Å²) in [5.74, 6) is 0.634. The van der Waals surface area contributed by atoms with E-state index in [0.717, 1.165) is 31.5 Å². The largest absolute Gasteiger partial charge is 0.369 e. The van der Waals surface area contributed by atoms with E-state index >= 15 is 0 Å². The second kappa shape index (κ2) is 9.37. The van der Waals surface area contributed by atoms with Gasteiger partial charge in [0.2, 0.25) is 5.96 Å². The maximum absolute atomic E-state index is 6.06. The lowest BCUT2D eigenvalue weighted by molar-refractivity contribution is 0.256. The SMILES string of the molecule is CC1CCCCN1C(N)=NC(N)=Nc1ccc(CCN)cc1.Cl. The van der Waals surface area contributed by atoms with Crippen LogP contribution in [0.1, 0.15) is 31.7 Å². The van der Waals surface area contributed by atoms with Gasteiger partial charge in [0, 0.05) is 12.6 Å². The molecule has 7 heteroatoms. The van der Waals surface area contributed by atoms with Crippen LogP contribution < -0.4 is 17.2 Å². The number of piperidine rings is 1. The molecular weight excluding hydrogens is 312 g/mol. The van der Waals surface area contributed by atoms with Crippen molar-refractivity contribution in [2.24, 2.45) is 27.2 Å². The molecule has 1 heterocycles. The topological polar surface area (TPSA) is 106 Å². The monoisotopic (exact) mass is 338 g/mol. The van der Waals surface area contributed by atoms with Crippen LogP contribution in [0.3, 0.4) is 0 Å². The Labute approximate surface area is 144 Å². The molecule has 0 saturated carbocycles. The molecule has 1 fully saturated rings. The predicted octanol–water partition coefficient (Wildman–Crippen LogP) is 1.74. The van der Waals surface area contributed by atoms with Crippen LogP contribution in [-0.4, -0.2) is 36.0 Å². The second-order valence-electron chi connectivity index (χ2n) is 5.68. The van der Waals surface area contributed by atoms with Gasteiger partial charge in [-0.15, -0.1) is 12.4 Å². The van der Waals surface area contributed by atoms with Gasteiger partial charge in [-0.3, -0.25) is 0 Å². The molecule has 0 aromatic heterocycles. The van der Waals surface area contributed by atoms with Gasteiger partial charge in [0.25, 0.3) is 0 Å². The van der Waals surface area contributed by atoms with Crippen LogP contribution in [0.15, 0.2) is 34.3 Å². The number of nitrogens with two attached hydrogens (primary N) is 3. The molecule has 1 aliphatic rings. The third-order valence-electron chi connectivity index (χ3n) is 3.94. The molecule has 0 aliphatic carbocycles. The minimum atomic E-state index is 0. The van der Waals surface area contributed by atoms with Crippen LogP contribution in [0, 0.1) is 0 Å². The van der Waals surface area contributed by atoms with Gasteiger partial charge in [0.05, 0.1) is 5.69 Å². The average molecular weight is 339 g/mol. The molecule has 1 saturated heterocycles. The maximum Gasteiger partial charge on any atom is 0.223 e. The van der Waals surface area contributed by atoms with E-state index in [2.05, 4.69) is 21.8 Å². The Bertz CT molecular complexity index is 540. The van der Waals surface area contributed by atoms with Crippen LogP contribution in [0.4, 0.5) is 5.69 Å². The van der Waals surface area contributed by atoms with Gasteiger partial charge in [0.1, 0.15) is 0 Å². The van der Waals surface area contributed by atoms with E-state index in [1.54, 1.807) is 0 Å². The Kier molecular flexibility index (Phi) is 7.85. The molecule has 1 aliphatic heterocycles. The van der Waals surface area contributed by atoms with Crippen molar-refractivity contribution in [1.29, 1.82) is 0 Å². The van der Waals surface area contributed by atoms with Crippen molar-refractivity contribution in [3.63, 3.8) is 0 Å². The van der Waals surface area contributed by atoms with Gasteiger partial charge < -0.3 is 22.1 Å². The standard InChI is InChI=1S/C16H26N6.ClH/c1-12-4-2-3-11-22(12)16(19)21-15(18)20-14-7-5-13(6-8-14)9-10-17;/h5-8,12H,2-4,9-11,17H2,1H3,(H4,18,19,20,21);1H. The molecule has 1 aromatic rings. The Morgan fingerprint density at radius 1 is 1.22 bits per heavy atom. The first kappa shape index (κ1) is 19.3. The van der Waals surface area contributed by atoms with E-state index in [0.29, 0.717) is 18.5 Å². The summed E-state index contributed by atoms with van der Waals surface area (Å²) < 4.78 is 0. The zero-order chi connectivity index (χ0) is 15.9. The molecule has 0 radical (unpaired) electrons. The van der Waals surface area contributed by atoms with Crippen LogP contribution in [-0.2, 0) is 6.42 Å². The maximum atomic E-state index is 6.06. The molecule has 6 nitrogen and oxygen atoms in total. The van der Waals surface area contributed by atoms with Gasteiger partial charge in [-0.2, -0.15) is 4.99 Å². The fourth-order valence-corrected chi connectivity index (χ4v) is 2.68. The number of benzene rings is 1. The number of nitrogens with zero attached hydrogens (tertiary/aromatic N) is 3. The van der Waals surface area contributed by atoms with Crippen LogP contribution in [0.25, 0.3) is 0 Å². The molecule has 6 N–H and O–H groups in total. The minimum absolute atomic E-state index is 0. The predicted molar refractivity (Wildman–Crippen MR) is 99.4 cm³/mol. The molecule has 23 heavy (non-hydrogen) atoms. The van der Waals surface area contributed by atoms with Crippen LogP contribution >= 0.6 is 12.4 Å². The minimum Gasteiger partial charge on any atom is -0.369 e. The lowest BCUT2D eigenvalue weighted by atomic mass is 10.0. The van der Waals surface area contributed by atoms with Crippen molar-refractivity contribution < 1.29 is 0 Å². The van der Waals surface area contributed by atoms with Crippen molar-refractivity contribution in [3.05, 3.63) is 29.8 Å². The fourth-order valence-electron chi connectivity index (χ4n) is 2.68. The highest BCUT2D eigenvalue weighted by Gasteiger charge is 2.19. The van der Waals surface area contributed by atoms with E-state index in [9.17, 15) is 0 Å². The summed E-state index contributed by atoms with van der Waals surface area (Å²) in [6.45, 7) is 3.72. The highest BCUT2D eigenvalue weighted by molar-refractivity contribution is 5.94. The van der Waals surface area contributed by atoms with Crippen LogP contribution in [0.5, 0.6) is 0 Å². The molecule has 1 atom stereocenters. The Balaban J connectivity index is 0.00000264. The normalized spacial score (nSPS) is 19.4. The molecule has 1 unspecified atom stereocenters. The van der Waals surface area contributed by atoms with Crippen molar-refractivity contribution in [3.8, 4) is 0 Å². The van der Waals surface area contributed by atoms with Crippen molar-refractivity contribution in [1.82, 2.24) is 4.90 Å². The summed E-state index contributed by atoms with van der Waals surface area (Å²) in [6.07, 6.45) is 4.37. The first-order chi connectivity index (χ1) is 10.6. The Hall–Kier alpha value is -1.79. The third-order valence-corrected chi connectivity index (χ3v) is 3.94. The number of aliphatic imine (C=N–C) groups is 2. The molecule has 128 valence electrons. The van der Waals surface area contributed by atoms with E-state index in [1.165, 1.54) is 12.0 Å². The van der Waals surface area contributed by atoms with E-state index < -0.39 is 0 Å². The van der Waals surface area contributed by atoms with Crippen molar-refractivity contribution in [2.45, 2.75) is 38.6 Å². The highest BCUT2D eigenvalue weighted by atomic mass is 35.5. The first-order valence-corrected chi connectivity index (χ1v) is 7.84. The number of guanidine groups is 2. The zero-order valence-corrected chi connectivity index (χ0v) is 14.4. The summed E-state index contributed by atoms with van der Waals surface area (Å²) in [4.78, 5) is 10.6. The average Bonchev–Trinajstić information content (AvgIpc) is 2.50. The summed E-state index contributed by atoms with van der Waals surface area (Å²) in [7, 11) is 0.